The van der Waals surface area contributed by atoms with Gasteiger partial charge in [-0.25, -0.2) is 9.48 Å². The maximum Gasteiger partial charge on any atom is 0.346 e. The maximum atomic E-state index is 12.6. The molecule has 0 aliphatic carbocycles. The van der Waals surface area contributed by atoms with Crippen LogP contribution in [0.3, 0.4) is 0 Å². The van der Waals surface area contributed by atoms with Crippen LogP contribution in [0.25, 0.3) is 0 Å². The van der Waals surface area contributed by atoms with Crippen LogP contribution in [0.15, 0.2) is 4.79 Å². The molecule has 2 amide bonds. The first-order valence-electron chi connectivity index (χ1n) is 8.07. The van der Waals surface area contributed by atoms with E-state index in [0.29, 0.717) is 38.5 Å². The molecule has 0 bridgehead atoms. The summed E-state index contributed by atoms with van der Waals surface area (Å²) in [5.41, 5.74) is -0.907. The molecule has 2 aliphatic heterocycles. The quantitative estimate of drug-likeness (QED) is 0.724. The molecule has 0 aromatic carbocycles. The van der Waals surface area contributed by atoms with Crippen molar-refractivity contribution in [2.75, 3.05) is 33.4 Å². The number of likely N-dealkylation sites (tertiary alicyclic amines) is 1. The van der Waals surface area contributed by atoms with Gasteiger partial charge in [0.15, 0.2) is 0 Å². The number of hydrogen-bond acceptors (Lipinski definition) is 5. The second-order valence-electron chi connectivity index (χ2n) is 6.58. The number of nitrogens with one attached hydrogen (secondary N) is 1. The summed E-state index contributed by atoms with van der Waals surface area (Å²) in [7, 11) is 3.23. The minimum Gasteiger partial charge on any atom is -0.381 e. The van der Waals surface area contributed by atoms with Crippen molar-refractivity contribution in [3.8, 4) is 0 Å². The van der Waals surface area contributed by atoms with E-state index in [2.05, 4.69) is 10.4 Å². The van der Waals surface area contributed by atoms with Gasteiger partial charge in [0.25, 0.3) is 0 Å². The summed E-state index contributed by atoms with van der Waals surface area (Å²) in [6.07, 6.45) is 0.601. The minimum absolute atomic E-state index is 0.0164. The van der Waals surface area contributed by atoms with Crippen LogP contribution in [-0.4, -0.2) is 64.4 Å². The van der Waals surface area contributed by atoms with Crippen molar-refractivity contribution in [3.05, 3.63) is 16.3 Å². The molecule has 2 saturated heterocycles. The highest BCUT2D eigenvalue weighted by atomic mass is 16.5. The maximum absolute atomic E-state index is 12.6. The van der Waals surface area contributed by atoms with Gasteiger partial charge in [0, 0.05) is 39.7 Å². The minimum atomic E-state index is -0.590. The number of nitrogens with zero attached hydrogens (tertiary/aromatic N) is 4. The zero-order valence-corrected chi connectivity index (χ0v) is 14.2. The van der Waals surface area contributed by atoms with Crippen molar-refractivity contribution < 1.29 is 14.3 Å². The molecule has 2 fully saturated rings. The standard InChI is InChI=1S/C15H23N5O4/c1-10-17-20(14(23)18(10)3)7-12(21)19-6-11-8-24-5-4-15(11,9-19)13(22)16-2/h11H,4-9H2,1-3H3,(H,16,22)/t11-,15+/m1/s1. The third kappa shape index (κ3) is 2.52. The van der Waals surface area contributed by atoms with Crippen LogP contribution < -0.4 is 11.0 Å². The third-order valence-electron chi connectivity index (χ3n) is 5.28. The lowest BCUT2D eigenvalue weighted by atomic mass is 9.73. The Morgan fingerprint density at radius 2 is 2.21 bits per heavy atom. The van der Waals surface area contributed by atoms with Gasteiger partial charge in [-0.15, -0.1) is 0 Å². The van der Waals surface area contributed by atoms with Crippen LogP contribution in [0, 0.1) is 18.3 Å². The highest BCUT2D eigenvalue weighted by molar-refractivity contribution is 5.85. The summed E-state index contributed by atoms with van der Waals surface area (Å²) in [4.78, 5) is 38.7. The molecule has 1 N–H and O–H groups in total. The second-order valence-corrected chi connectivity index (χ2v) is 6.58. The largest absolute Gasteiger partial charge is 0.381 e. The van der Waals surface area contributed by atoms with E-state index in [1.807, 2.05) is 0 Å². The topological polar surface area (TPSA) is 98.5 Å². The molecule has 3 heterocycles. The lowest BCUT2D eigenvalue weighted by molar-refractivity contribution is -0.139. The first kappa shape index (κ1) is 16.7. The van der Waals surface area contributed by atoms with Crippen molar-refractivity contribution in [2.24, 2.45) is 18.4 Å². The highest BCUT2D eigenvalue weighted by Gasteiger charge is 2.54. The predicted octanol–water partition coefficient (Wildman–Crippen LogP) is -1.50. The SMILES string of the molecule is CNC(=O)[C@]12CCOC[C@H]1CN(C(=O)Cn1nc(C)n(C)c1=O)C2. The van der Waals surface area contributed by atoms with Gasteiger partial charge in [0.2, 0.25) is 11.8 Å². The molecular weight excluding hydrogens is 314 g/mol. The molecular formula is C15H23N5O4. The monoisotopic (exact) mass is 337 g/mol. The van der Waals surface area contributed by atoms with E-state index < -0.39 is 5.41 Å². The van der Waals surface area contributed by atoms with Gasteiger partial charge >= 0.3 is 5.69 Å². The van der Waals surface area contributed by atoms with Crippen molar-refractivity contribution in [3.63, 3.8) is 0 Å². The zero-order valence-electron chi connectivity index (χ0n) is 14.2. The Balaban J connectivity index is 1.78. The van der Waals surface area contributed by atoms with Crippen molar-refractivity contribution >= 4 is 11.8 Å². The summed E-state index contributed by atoms with van der Waals surface area (Å²) in [6.45, 7) is 3.42. The summed E-state index contributed by atoms with van der Waals surface area (Å²) < 4.78 is 8.07. The number of ether oxygens (including phenoxy) is 1. The summed E-state index contributed by atoms with van der Waals surface area (Å²) in [6, 6.07) is 0. The zero-order chi connectivity index (χ0) is 17.5. The molecule has 1 aromatic heterocycles. The number of amides is 2. The van der Waals surface area contributed by atoms with Crippen molar-refractivity contribution in [2.45, 2.75) is 19.9 Å². The number of carbonyl (C=O) groups excluding carboxylic acids is 2. The molecule has 0 spiro atoms. The Bertz CT molecular complexity index is 724. The third-order valence-corrected chi connectivity index (χ3v) is 5.28. The molecule has 132 valence electrons. The summed E-state index contributed by atoms with van der Waals surface area (Å²) in [5, 5.41) is 6.82. The van der Waals surface area contributed by atoms with E-state index in [1.165, 1.54) is 9.25 Å². The molecule has 9 heteroatoms. The van der Waals surface area contributed by atoms with Crippen LogP contribution in [-0.2, 0) is 27.9 Å². The average molecular weight is 337 g/mol. The average Bonchev–Trinajstić information content (AvgIpc) is 3.09. The molecule has 1 aromatic rings. The molecule has 9 nitrogen and oxygen atoms in total. The fourth-order valence-corrected chi connectivity index (χ4v) is 3.69. The van der Waals surface area contributed by atoms with Gasteiger partial charge in [-0.3, -0.25) is 14.2 Å². The highest BCUT2D eigenvalue weighted by Crippen LogP contribution is 2.42. The number of carbonyl (C=O) groups is 2. The summed E-state index contributed by atoms with van der Waals surface area (Å²) >= 11 is 0. The Labute approximate surface area is 139 Å². The molecule has 0 unspecified atom stereocenters. The normalized spacial score (nSPS) is 26.3. The second kappa shape index (κ2) is 6.04. The lowest BCUT2D eigenvalue weighted by Crippen LogP contribution is -2.49. The molecule has 24 heavy (non-hydrogen) atoms. The lowest BCUT2D eigenvalue weighted by Gasteiger charge is -2.36. The van der Waals surface area contributed by atoms with Gasteiger partial charge < -0.3 is 15.0 Å². The van der Waals surface area contributed by atoms with E-state index in [-0.39, 0.29) is 30.0 Å². The Hall–Kier alpha value is -2.16. The van der Waals surface area contributed by atoms with Crippen LogP contribution in [0.1, 0.15) is 12.2 Å². The fourth-order valence-electron chi connectivity index (χ4n) is 3.69. The number of aryl methyl sites for hydroxylation is 1. The van der Waals surface area contributed by atoms with Gasteiger partial charge in [0.1, 0.15) is 12.4 Å². The van der Waals surface area contributed by atoms with Gasteiger partial charge in [-0.1, -0.05) is 0 Å². The predicted molar refractivity (Wildman–Crippen MR) is 84.2 cm³/mol. The first-order chi connectivity index (χ1) is 11.4. The molecule has 3 rings (SSSR count). The van der Waals surface area contributed by atoms with Gasteiger partial charge in [-0.2, -0.15) is 5.10 Å². The Morgan fingerprint density at radius 3 is 2.83 bits per heavy atom. The van der Waals surface area contributed by atoms with E-state index in [1.54, 1.807) is 25.9 Å². The van der Waals surface area contributed by atoms with E-state index in [0.717, 1.165) is 0 Å². The van der Waals surface area contributed by atoms with E-state index in [4.69, 9.17) is 4.74 Å². The molecule has 0 saturated carbocycles. The van der Waals surface area contributed by atoms with Crippen LogP contribution in [0.4, 0.5) is 0 Å². The van der Waals surface area contributed by atoms with E-state index in [9.17, 15) is 14.4 Å². The van der Waals surface area contributed by atoms with Crippen LogP contribution >= 0.6 is 0 Å². The van der Waals surface area contributed by atoms with Gasteiger partial charge in [-0.05, 0) is 13.3 Å². The first-order valence-corrected chi connectivity index (χ1v) is 8.07. The Kier molecular flexibility index (Phi) is 4.20. The smallest absolute Gasteiger partial charge is 0.346 e. The van der Waals surface area contributed by atoms with Crippen LogP contribution in [0.2, 0.25) is 0 Å². The summed E-state index contributed by atoms with van der Waals surface area (Å²) in [5.74, 6) is 0.292. The molecule has 0 radical (unpaired) electrons. The van der Waals surface area contributed by atoms with E-state index >= 15 is 0 Å². The molecule has 2 atom stereocenters. The number of aromatic nitrogens is 3. The Morgan fingerprint density at radius 1 is 1.46 bits per heavy atom. The van der Waals surface area contributed by atoms with Crippen molar-refractivity contribution in [1.29, 1.82) is 0 Å². The fraction of sp³-hybridized carbons (Fsp3) is 0.733. The van der Waals surface area contributed by atoms with Crippen LogP contribution in [0.5, 0.6) is 0 Å². The van der Waals surface area contributed by atoms with Gasteiger partial charge in [0.05, 0.1) is 12.0 Å². The number of fused-ring (bicyclic) bond motifs is 1. The van der Waals surface area contributed by atoms with Crippen molar-refractivity contribution in [1.82, 2.24) is 24.6 Å². The number of rotatable bonds is 3. The number of hydrogen-bond donors (Lipinski definition) is 1. The molecule has 2 aliphatic rings.